The van der Waals surface area contributed by atoms with E-state index in [0.717, 1.165) is 0 Å². The second kappa shape index (κ2) is 1.46. The number of carbonyl (C=O) groups excluding carboxylic acids is 1. The minimum absolute atomic E-state index is 0.0114. The summed E-state index contributed by atoms with van der Waals surface area (Å²) in [6.07, 6.45) is -0.0369. The van der Waals surface area contributed by atoms with Gasteiger partial charge in [0.2, 0.25) is 6.29 Å². The molecule has 2 fully saturated rings. The fourth-order valence-electron chi connectivity index (χ4n) is 0.993. The molecular formula is C5H7NO3. The zero-order chi connectivity index (χ0) is 6.43. The first-order chi connectivity index (χ1) is 4.27. The highest BCUT2D eigenvalue weighted by atomic mass is 16.8. The van der Waals surface area contributed by atoms with E-state index in [0.29, 0.717) is 6.42 Å². The van der Waals surface area contributed by atoms with Crippen LogP contribution in [0.3, 0.4) is 0 Å². The molecule has 3 unspecified atom stereocenters. The highest BCUT2D eigenvalue weighted by Crippen LogP contribution is 2.31. The van der Waals surface area contributed by atoms with Crippen molar-refractivity contribution in [1.82, 2.24) is 0 Å². The van der Waals surface area contributed by atoms with Gasteiger partial charge in [-0.15, -0.1) is 0 Å². The van der Waals surface area contributed by atoms with Crippen LogP contribution in [0.1, 0.15) is 6.42 Å². The van der Waals surface area contributed by atoms with E-state index in [2.05, 4.69) is 4.74 Å². The Balaban J connectivity index is 2.07. The van der Waals surface area contributed by atoms with Crippen LogP contribution in [-0.4, -0.2) is 24.4 Å². The minimum atomic E-state index is -0.318. The number of fused-ring (bicyclic) bond motifs is 1. The van der Waals surface area contributed by atoms with Crippen LogP contribution in [0, 0.1) is 0 Å². The first-order valence-electron chi connectivity index (χ1n) is 2.88. The van der Waals surface area contributed by atoms with Crippen molar-refractivity contribution >= 4 is 5.97 Å². The Morgan fingerprint density at radius 1 is 1.67 bits per heavy atom. The Labute approximate surface area is 51.9 Å². The number of esters is 1. The molecule has 2 heterocycles. The molecule has 0 aliphatic carbocycles. The monoisotopic (exact) mass is 129 g/mol. The summed E-state index contributed by atoms with van der Waals surface area (Å²) in [5.41, 5.74) is 5.48. The standard InChI is InChI=1S/C5H7NO3/c6-2-1-3(7)8-5-4(2)9-5/h2,4-5H,1,6H2. The molecule has 2 aliphatic rings. The third kappa shape index (κ3) is 0.710. The van der Waals surface area contributed by atoms with Crippen LogP contribution in [-0.2, 0) is 14.3 Å². The molecule has 0 spiro atoms. The van der Waals surface area contributed by atoms with Crippen LogP contribution < -0.4 is 5.73 Å². The van der Waals surface area contributed by atoms with E-state index >= 15 is 0 Å². The van der Waals surface area contributed by atoms with Crippen molar-refractivity contribution in [2.75, 3.05) is 0 Å². The largest absolute Gasteiger partial charge is 0.433 e. The number of hydrogen-bond donors (Lipinski definition) is 1. The van der Waals surface area contributed by atoms with Gasteiger partial charge in [0.05, 0.1) is 6.42 Å². The van der Waals surface area contributed by atoms with Crippen molar-refractivity contribution in [2.45, 2.75) is 24.9 Å². The quantitative estimate of drug-likeness (QED) is 0.336. The van der Waals surface area contributed by atoms with Crippen molar-refractivity contribution in [1.29, 1.82) is 0 Å². The maximum Gasteiger partial charge on any atom is 0.309 e. The molecule has 3 atom stereocenters. The first kappa shape index (κ1) is 5.20. The summed E-state index contributed by atoms with van der Waals surface area (Å²) >= 11 is 0. The lowest BCUT2D eigenvalue weighted by molar-refractivity contribution is -0.150. The van der Waals surface area contributed by atoms with E-state index in [4.69, 9.17) is 10.5 Å². The fourth-order valence-corrected chi connectivity index (χ4v) is 0.993. The average Bonchev–Trinajstić information content (AvgIpc) is 2.43. The second-order valence-electron chi connectivity index (χ2n) is 2.33. The number of ether oxygens (including phenoxy) is 2. The normalized spacial score (nSPS) is 47.7. The van der Waals surface area contributed by atoms with Gasteiger partial charge in [0.15, 0.2) is 0 Å². The average molecular weight is 129 g/mol. The molecule has 2 aliphatic heterocycles. The Morgan fingerprint density at radius 3 is 3.11 bits per heavy atom. The summed E-state index contributed by atoms with van der Waals surface area (Å²) < 4.78 is 9.58. The summed E-state index contributed by atoms with van der Waals surface area (Å²) in [4.78, 5) is 10.5. The smallest absolute Gasteiger partial charge is 0.309 e. The van der Waals surface area contributed by atoms with Gasteiger partial charge in [0, 0.05) is 6.04 Å². The van der Waals surface area contributed by atoms with Gasteiger partial charge in [-0.1, -0.05) is 0 Å². The predicted octanol–water partition coefficient (Wildman–Crippen LogP) is -1.01. The third-order valence-corrected chi connectivity index (χ3v) is 1.55. The summed E-state index contributed by atoms with van der Waals surface area (Å²) in [5, 5.41) is 0. The molecule has 2 rings (SSSR count). The Morgan fingerprint density at radius 2 is 2.44 bits per heavy atom. The topological polar surface area (TPSA) is 64.9 Å². The lowest BCUT2D eigenvalue weighted by Gasteiger charge is -2.11. The predicted molar refractivity (Wildman–Crippen MR) is 27.3 cm³/mol. The Hall–Kier alpha value is -0.610. The Kier molecular flexibility index (Phi) is 0.841. The summed E-state index contributed by atoms with van der Waals surface area (Å²) in [7, 11) is 0. The third-order valence-electron chi connectivity index (χ3n) is 1.55. The fraction of sp³-hybridized carbons (Fsp3) is 0.800. The molecule has 0 aromatic heterocycles. The van der Waals surface area contributed by atoms with Crippen molar-refractivity contribution in [2.24, 2.45) is 5.73 Å². The lowest BCUT2D eigenvalue weighted by Crippen LogP contribution is -2.36. The van der Waals surface area contributed by atoms with Gasteiger partial charge in [0.25, 0.3) is 0 Å². The van der Waals surface area contributed by atoms with Gasteiger partial charge in [0.1, 0.15) is 6.10 Å². The van der Waals surface area contributed by atoms with Crippen LogP contribution in [0.25, 0.3) is 0 Å². The molecule has 0 amide bonds. The second-order valence-corrected chi connectivity index (χ2v) is 2.33. The van der Waals surface area contributed by atoms with Crippen molar-refractivity contribution in [3.05, 3.63) is 0 Å². The van der Waals surface area contributed by atoms with Crippen LogP contribution in [0.5, 0.6) is 0 Å². The van der Waals surface area contributed by atoms with E-state index in [-0.39, 0.29) is 24.4 Å². The van der Waals surface area contributed by atoms with E-state index < -0.39 is 0 Å². The van der Waals surface area contributed by atoms with E-state index in [1.165, 1.54) is 0 Å². The Bertz CT molecular complexity index is 158. The molecule has 0 radical (unpaired) electrons. The van der Waals surface area contributed by atoms with Gasteiger partial charge < -0.3 is 15.2 Å². The highest BCUT2D eigenvalue weighted by Gasteiger charge is 2.51. The SMILES string of the molecule is NC1CC(=O)OC2OC12. The van der Waals surface area contributed by atoms with E-state index in [9.17, 15) is 4.79 Å². The molecule has 4 nitrogen and oxygen atoms in total. The number of carbonyl (C=O) groups is 1. The van der Waals surface area contributed by atoms with Gasteiger partial charge in [-0.25, -0.2) is 0 Å². The molecule has 4 heteroatoms. The van der Waals surface area contributed by atoms with Crippen LogP contribution >= 0.6 is 0 Å². The number of nitrogens with two attached hydrogens (primary N) is 1. The summed E-state index contributed by atoms with van der Waals surface area (Å²) in [6, 6.07) is -0.142. The van der Waals surface area contributed by atoms with Gasteiger partial charge >= 0.3 is 5.97 Å². The summed E-state index contributed by atoms with van der Waals surface area (Å²) in [6.45, 7) is 0. The highest BCUT2D eigenvalue weighted by molar-refractivity contribution is 5.71. The van der Waals surface area contributed by atoms with Crippen LogP contribution in [0.4, 0.5) is 0 Å². The number of epoxide rings is 1. The molecule has 0 aromatic carbocycles. The molecule has 9 heavy (non-hydrogen) atoms. The molecule has 0 saturated carbocycles. The molecule has 50 valence electrons. The molecule has 0 aromatic rings. The molecule has 0 bridgehead atoms. The van der Waals surface area contributed by atoms with E-state index in [1.807, 2.05) is 0 Å². The lowest BCUT2D eigenvalue weighted by atomic mass is 10.1. The molecule has 2 N–H and O–H groups in total. The van der Waals surface area contributed by atoms with Gasteiger partial charge in [-0.05, 0) is 0 Å². The van der Waals surface area contributed by atoms with Crippen molar-refractivity contribution in [3.8, 4) is 0 Å². The maximum absolute atomic E-state index is 10.5. The molecule has 2 saturated heterocycles. The number of hydrogen-bond acceptors (Lipinski definition) is 4. The first-order valence-corrected chi connectivity index (χ1v) is 2.88. The van der Waals surface area contributed by atoms with Crippen molar-refractivity contribution < 1.29 is 14.3 Å². The number of rotatable bonds is 0. The maximum atomic E-state index is 10.5. The minimum Gasteiger partial charge on any atom is -0.433 e. The van der Waals surface area contributed by atoms with Gasteiger partial charge in [-0.2, -0.15) is 0 Å². The molecular weight excluding hydrogens is 122 g/mol. The summed E-state index contributed by atoms with van der Waals surface area (Å²) in [5.74, 6) is -0.249. The van der Waals surface area contributed by atoms with Gasteiger partial charge in [-0.3, -0.25) is 4.79 Å². The van der Waals surface area contributed by atoms with Crippen LogP contribution in [0.15, 0.2) is 0 Å². The van der Waals surface area contributed by atoms with E-state index in [1.54, 1.807) is 0 Å². The zero-order valence-electron chi connectivity index (χ0n) is 4.74. The zero-order valence-corrected chi connectivity index (χ0v) is 4.74. The van der Waals surface area contributed by atoms with Crippen LogP contribution in [0.2, 0.25) is 0 Å². The van der Waals surface area contributed by atoms with Crippen molar-refractivity contribution in [3.63, 3.8) is 0 Å².